The van der Waals surface area contributed by atoms with Crippen molar-refractivity contribution in [2.24, 2.45) is 0 Å². The second-order valence-corrected chi connectivity index (χ2v) is 11.5. The molecule has 11 nitrogen and oxygen atoms in total. The van der Waals surface area contributed by atoms with E-state index in [0.29, 0.717) is 67.5 Å². The summed E-state index contributed by atoms with van der Waals surface area (Å²) in [7, 11) is 3.17. The number of ether oxygens (including phenoxy) is 2. The molecule has 0 aliphatic carbocycles. The maximum atomic E-state index is 13.8. The Kier molecular flexibility index (Phi) is 9.10. The van der Waals surface area contributed by atoms with E-state index in [1.807, 2.05) is 19.1 Å². The molecule has 0 aromatic heterocycles. The van der Waals surface area contributed by atoms with Gasteiger partial charge in [0.25, 0.3) is 5.91 Å². The SMILES string of the molecule is CCOc1cc2c(cc1C(=O)NC)C(=N)N(CC(=O)c1cc(N3CCN(C(=O)CO)CC3)c(OC)c(C(C)(C)C)c1)C2. The third kappa shape index (κ3) is 6.06. The van der Waals surface area contributed by atoms with Crippen LogP contribution in [0.1, 0.15) is 65.1 Å². The fraction of sp³-hybridized carbons (Fsp3) is 0.484. The van der Waals surface area contributed by atoms with E-state index in [2.05, 4.69) is 31.0 Å². The number of benzene rings is 2. The molecule has 11 heteroatoms. The van der Waals surface area contributed by atoms with Crippen LogP contribution in [0.5, 0.6) is 11.5 Å². The standard InChI is InChI=1S/C31H41N5O6/c1-7-42-26-14-20-16-36(29(32)21(20)15-22(26)30(40)33-5)17-25(38)19-12-23(31(2,3)4)28(41-6)24(13-19)34-8-10-35(11-9-34)27(39)18-37/h12-15,32,37H,7-11,16-18H2,1-6H3,(H,33,40). The Labute approximate surface area is 246 Å². The molecular formula is C31H41N5O6. The summed E-state index contributed by atoms with van der Waals surface area (Å²) < 4.78 is 11.6. The molecule has 2 aliphatic heterocycles. The Morgan fingerprint density at radius 3 is 2.33 bits per heavy atom. The molecule has 0 unspecified atom stereocenters. The highest BCUT2D eigenvalue weighted by molar-refractivity contribution is 6.08. The molecule has 0 saturated carbocycles. The van der Waals surface area contributed by atoms with Crippen molar-refractivity contribution in [1.29, 1.82) is 5.41 Å². The Hall–Kier alpha value is -4.12. The number of carbonyl (C=O) groups excluding carboxylic acids is 3. The van der Waals surface area contributed by atoms with Crippen molar-refractivity contribution >= 4 is 29.1 Å². The number of fused-ring (bicyclic) bond motifs is 1. The van der Waals surface area contributed by atoms with Gasteiger partial charge in [0.05, 0.1) is 31.5 Å². The van der Waals surface area contributed by atoms with E-state index in [1.165, 1.54) is 0 Å². The van der Waals surface area contributed by atoms with Gasteiger partial charge in [0.1, 0.15) is 23.9 Å². The lowest BCUT2D eigenvalue weighted by molar-refractivity contribution is -0.134. The summed E-state index contributed by atoms with van der Waals surface area (Å²) in [6, 6.07) is 7.16. The molecule has 3 N–H and O–H groups in total. The van der Waals surface area contributed by atoms with E-state index in [4.69, 9.17) is 14.9 Å². The van der Waals surface area contributed by atoms with Crippen molar-refractivity contribution in [3.63, 3.8) is 0 Å². The second kappa shape index (κ2) is 12.4. The molecular weight excluding hydrogens is 538 g/mol. The number of carbonyl (C=O) groups is 3. The number of anilines is 1. The summed E-state index contributed by atoms with van der Waals surface area (Å²) in [6.45, 7) is 10.2. The third-order valence-corrected chi connectivity index (χ3v) is 7.76. The van der Waals surface area contributed by atoms with Crippen LogP contribution in [0.25, 0.3) is 0 Å². The molecule has 0 spiro atoms. The van der Waals surface area contributed by atoms with Crippen LogP contribution < -0.4 is 19.7 Å². The first-order valence-corrected chi connectivity index (χ1v) is 14.2. The molecule has 2 aromatic carbocycles. The number of hydrogen-bond donors (Lipinski definition) is 3. The number of aliphatic hydroxyl groups is 1. The van der Waals surface area contributed by atoms with E-state index in [-0.39, 0.29) is 35.4 Å². The molecule has 42 heavy (non-hydrogen) atoms. The van der Waals surface area contributed by atoms with Gasteiger partial charge in [-0.1, -0.05) is 20.8 Å². The highest BCUT2D eigenvalue weighted by Crippen LogP contribution is 2.41. The van der Waals surface area contributed by atoms with E-state index in [9.17, 15) is 19.5 Å². The smallest absolute Gasteiger partial charge is 0.254 e. The molecule has 0 atom stereocenters. The Bertz CT molecular complexity index is 1390. The number of aliphatic hydroxyl groups excluding tert-OH is 1. The van der Waals surface area contributed by atoms with Crippen LogP contribution in [0.2, 0.25) is 0 Å². The fourth-order valence-electron chi connectivity index (χ4n) is 5.49. The number of piperazine rings is 1. The van der Waals surface area contributed by atoms with E-state index in [0.717, 1.165) is 16.8 Å². The van der Waals surface area contributed by atoms with Gasteiger partial charge in [-0.3, -0.25) is 19.8 Å². The number of Topliss-reactive ketones (excluding diaryl/α,β-unsaturated/α-hetero) is 1. The molecule has 2 heterocycles. The summed E-state index contributed by atoms with van der Waals surface area (Å²) in [5, 5.41) is 20.7. The average Bonchev–Trinajstić information content (AvgIpc) is 3.28. The quantitative estimate of drug-likeness (QED) is 0.386. The maximum Gasteiger partial charge on any atom is 0.254 e. The molecule has 0 bridgehead atoms. The van der Waals surface area contributed by atoms with Crippen LogP contribution in [0.4, 0.5) is 5.69 Å². The van der Waals surface area contributed by atoms with Gasteiger partial charge in [-0.15, -0.1) is 0 Å². The zero-order valence-corrected chi connectivity index (χ0v) is 25.3. The highest BCUT2D eigenvalue weighted by atomic mass is 16.5. The molecule has 0 radical (unpaired) electrons. The van der Waals surface area contributed by atoms with Gasteiger partial charge in [0, 0.05) is 56.5 Å². The van der Waals surface area contributed by atoms with E-state index < -0.39 is 6.61 Å². The highest BCUT2D eigenvalue weighted by Gasteiger charge is 2.32. The number of hydrogen-bond acceptors (Lipinski definition) is 8. The largest absolute Gasteiger partial charge is 0.494 e. The molecule has 226 valence electrons. The summed E-state index contributed by atoms with van der Waals surface area (Å²) >= 11 is 0. The van der Waals surface area contributed by atoms with Crippen molar-refractivity contribution < 1.29 is 29.0 Å². The van der Waals surface area contributed by atoms with Gasteiger partial charge in [-0.05, 0) is 42.2 Å². The first-order valence-electron chi connectivity index (χ1n) is 14.2. The predicted molar refractivity (Wildman–Crippen MR) is 160 cm³/mol. The summed E-state index contributed by atoms with van der Waals surface area (Å²) in [6.07, 6.45) is 0. The number of rotatable bonds is 9. The maximum absolute atomic E-state index is 13.8. The van der Waals surface area contributed by atoms with E-state index in [1.54, 1.807) is 36.1 Å². The van der Waals surface area contributed by atoms with E-state index >= 15 is 0 Å². The van der Waals surface area contributed by atoms with Gasteiger partial charge >= 0.3 is 0 Å². The van der Waals surface area contributed by atoms with Crippen LogP contribution in [0, 0.1) is 5.41 Å². The normalized spacial score (nSPS) is 15.0. The van der Waals surface area contributed by atoms with Gasteiger partial charge in [-0.25, -0.2) is 0 Å². The monoisotopic (exact) mass is 579 g/mol. The minimum atomic E-state index is -0.517. The summed E-state index contributed by atoms with van der Waals surface area (Å²) in [5.74, 6) is 0.574. The van der Waals surface area contributed by atoms with Crippen LogP contribution in [0.15, 0.2) is 24.3 Å². The lowest BCUT2D eigenvalue weighted by Crippen LogP contribution is -2.49. The zero-order chi connectivity index (χ0) is 30.8. The van der Waals surface area contributed by atoms with Gasteiger partial charge < -0.3 is 34.6 Å². The molecule has 2 aromatic rings. The number of methoxy groups -OCH3 is 1. The number of ketones is 1. The number of nitrogens with zero attached hydrogens (tertiary/aromatic N) is 3. The van der Waals surface area contributed by atoms with Gasteiger partial charge in [-0.2, -0.15) is 0 Å². The van der Waals surface area contributed by atoms with Gasteiger partial charge in [0.2, 0.25) is 5.91 Å². The van der Waals surface area contributed by atoms with Crippen molar-refractivity contribution in [2.75, 3.05) is 65.0 Å². The minimum Gasteiger partial charge on any atom is -0.494 e. The van der Waals surface area contributed by atoms with Crippen LogP contribution >= 0.6 is 0 Å². The van der Waals surface area contributed by atoms with Crippen LogP contribution in [-0.2, 0) is 16.8 Å². The summed E-state index contributed by atoms with van der Waals surface area (Å²) in [4.78, 5) is 43.7. The average molecular weight is 580 g/mol. The lowest BCUT2D eigenvalue weighted by atomic mass is 9.84. The first kappa shape index (κ1) is 30.8. The summed E-state index contributed by atoms with van der Waals surface area (Å²) in [5.41, 5.74) is 3.63. The van der Waals surface area contributed by atoms with Crippen molar-refractivity contribution in [1.82, 2.24) is 15.1 Å². The van der Waals surface area contributed by atoms with Crippen molar-refractivity contribution in [3.05, 3.63) is 52.1 Å². The first-order chi connectivity index (χ1) is 19.9. The molecule has 4 rings (SSSR count). The second-order valence-electron chi connectivity index (χ2n) is 11.5. The molecule has 1 fully saturated rings. The topological polar surface area (TPSA) is 136 Å². The van der Waals surface area contributed by atoms with Gasteiger partial charge in [0.15, 0.2) is 5.78 Å². The van der Waals surface area contributed by atoms with Crippen LogP contribution in [0.3, 0.4) is 0 Å². The lowest BCUT2D eigenvalue weighted by Gasteiger charge is -2.37. The zero-order valence-electron chi connectivity index (χ0n) is 25.3. The fourth-order valence-corrected chi connectivity index (χ4v) is 5.49. The van der Waals surface area contributed by atoms with Crippen molar-refractivity contribution in [2.45, 2.75) is 39.7 Å². The number of amidine groups is 1. The third-order valence-electron chi connectivity index (χ3n) is 7.76. The Morgan fingerprint density at radius 1 is 1.07 bits per heavy atom. The van der Waals surface area contributed by atoms with Crippen molar-refractivity contribution in [3.8, 4) is 11.5 Å². The molecule has 2 aliphatic rings. The molecule has 1 saturated heterocycles. The Morgan fingerprint density at radius 2 is 1.76 bits per heavy atom. The Balaban J connectivity index is 1.63. The number of nitrogens with one attached hydrogen (secondary N) is 2. The number of amides is 2. The predicted octanol–water partition coefficient (Wildman–Crippen LogP) is 2.42. The van der Waals surface area contributed by atoms with Crippen LogP contribution in [-0.4, -0.2) is 98.4 Å². The molecule has 2 amide bonds. The minimum absolute atomic E-state index is 0.0130.